The van der Waals surface area contributed by atoms with E-state index in [4.69, 9.17) is 0 Å². The van der Waals surface area contributed by atoms with Gasteiger partial charge in [0.15, 0.2) is 0 Å². The molecule has 0 spiro atoms. The maximum Gasteiger partial charge on any atom is 0.238 e. The van der Waals surface area contributed by atoms with Gasteiger partial charge >= 0.3 is 0 Å². The van der Waals surface area contributed by atoms with Crippen molar-refractivity contribution in [3.05, 3.63) is 64.5 Å². The minimum atomic E-state index is -0.779. The highest BCUT2D eigenvalue weighted by molar-refractivity contribution is 5.93. The number of aliphatic hydroxyl groups excluding tert-OH is 1. The Bertz CT molecular complexity index is 741. The molecule has 1 unspecified atom stereocenters. The smallest absolute Gasteiger partial charge is 0.238 e. The monoisotopic (exact) mass is 344 g/mol. The Morgan fingerprint density at radius 2 is 1.80 bits per heavy atom. The summed E-state index contributed by atoms with van der Waals surface area (Å²) < 4.78 is 13.2. The average molecular weight is 344 g/mol. The largest absolute Gasteiger partial charge is 0.387 e. The van der Waals surface area contributed by atoms with Crippen LogP contribution in [0.2, 0.25) is 0 Å². The van der Waals surface area contributed by atoms with Crippen molar-refractivity contribution in [2.24, 2.45) is 0 Å². The zero-order valence-electron chi connectivity index (χ0n) is 15.1. The zero-order valence-corrected chi connectivity index (χ0v) is 15.1. The first-order chi connectivity index (χ1) is 11.8. The number of halogens is 1. The van der Waals surface area contributed by atoms with Crippen LogP contribution >= 0.6 is 0 Å². The van der Waals surface area contributed by atoms with Gasteiger partial charge in [-0.1, -0.05) is 24.3 Å². The molecule has 0 bridgehead atoms. The molecule has 0 aliphatic heterocycles. The molecule has 0 aromatic heterocycles. The van der Waals surface area contributed by atoms with E-state index in [1.807, 2.05) is 32.0 Å². The molecular formula is C20H25FN2O2. The predicted octanol–water partition coefficient (Wildman–Crippen LogP) is 3.35. The summed E-state index contributed by atoms with van der Waals surface area (Å²) in [6.07, 6.45) is -0.779. The number of aliphatic hydroxyl groups is 1. The van der Waals surface area contributed by atoms with Crippen molar-refractivity contribution in [1.29, 1.82) is 0 Å². The van der Waals surface area contributed by atoms with Gasteiger partial charge in [0.2, 0.25) is 5.91 Å². The lowest BCUT2D eigenvalue weighted by Gasteiger charge is -2.22. The SMILES string of the molecule is Cc1cc(F)ccc1C(O)CN(C)CC(=O)Nc1c(C)cccc1C. The van der Waals surface area contributed by atoms with Crippen LogP contribution in [0.15, 0.2) is 36.4 Å². The lowest BCUT2D eigenvalue weighted by Crippen LogP contribution is -2.33. The molecule has 0 heterocycles. The Labute approximate surface area is 148 Å². The van der Waals surface area contributed by atoms with Crippen LogP contribution in [0.5, 0.6) is 0 Å². The summed E-state index contributed by atoms with van der Waals surface area (Å²) in [5.74, 6) is -0.460. The molecule has 134 valence electrons. The molecule has 4 nitrogen and oxygen atoms in total. The fraction of sp³-hybridized carbons (Fsp3) is 0.350. The van der Waals surface area contributed by atoms with Crippen LogP contribution in [0.1, 0.15) is 28.4 Å². The van der Waals surface area contributed by atoms with Crippen LogP contribution in [-0.2, 0) is 4.79 Å². The predicted molar refractivity (Wildman–Crippen MR) is 98.1 cm³/mol. The third-order valence-corrected chi connectivity index (χ3v) is 4.23. The lowest BCUT2D eigenvalue weighted by atomic mass is 10.0. The third kappa shape index (κ3) is 5.11. The van der Waals surface area contributed by atoms with E-state index in [0.717, 1.165) is 16.8 Å². The number of aryl methyl sites for hydroxylation is 3. The van der Waals surface area contributed by atoms with E-state index < -0.39 is 6.10 Å². The molecular weight excluding hydrogens is 319 g/mol. The topological polar surface area (TPSA) is 52.6 Å². The van der Waals surface area contributed by atoms with Gasteiger partial charge in [-0.3, -0.25) is 9.69 Å². The Balaban J connectivity index is 1.95. The molecule has 0 aliphatic rings. The molecule has 2 N–H and O–H groups in total. The fourth-order valence-corrected chi connectivity index (χ4v) is 2.91. The molecule has 0 aliphatic carbocycles. The first-order valence-corrected chi connectivity index (χ1v) is 8.26. The van der Waals surface area contributed by atoms with Crippen molar-refractivity contribution in [3.8, 4) is 0 Å². The molecule has 5 heteroatoms. The summed E-state index contributed by atoms with van der Waals surface area (Å²) in [5.41, 5.74) is 4.22. The molecule has 2 aromatic carbocycles. The molecule has 2 aromatic rings. The number of likely N-dealkylation sites (N-methyl/N-ethyl adjacent to an activating group) is 1. The van der Waals surface area contributed by atoms with Crippen molar-refractivity contribution in [2.45, 2.75) is 26.9 Å². The standard InChI is InChI=1S/C20H25FN2O2/c1-13-6-5-7-14(2)20(13)22-19(25)12-23(4)11-18(24)17-9-8-16(21)10-15(17)3/h5-10,18,24H,11-12H2,1-4H3,(H,22,25). The van der Waals surface area contributed by atoms with E-state index in [0.29, 0.717) is 11.1 Å². The van der Waals surface area contributed by atoms with E-state index in [-0.39, 0.29) is 24.8 Å². The van der Waals surface area contributed by atoms with Gasteiger partial charge in [0, 0.05) is 12.2 Å². The second-order valence-electron chi connectivity index (χ2n) is 6.53. The van der Waals surface area contributed by atoms with Crippen LogP contribution in [0.3, 0.4) is 0 Å². The van der Waals surface area contributed by atoms with Crippen molar-refractivity contribution >= 4 is 11.6 Å². The van der Waals surface area contributed by atoms with Crippen LogP contribution in [0.25, 0.3) is 0 Å². The normalized spacial score (nSPS) is 12.3. The van der Waals surface area contributed by atoms with Crippen LogP contribution in [-0.4, -0.2) is 36.1 Å². The Morgan fingerprint density at radius 3 is 2.40 bits per heavy atom. The van der Waals surface area contributed by atoms with Gasteiger partial charge in [0.05, 0.1) is 12.6 Å². The second-order valence-corrected chi connectivity index (χ2v) is 6.53. The zero-order chi connectivity index (χ0) is 18.6. The first kappa shape index (κ1) is 19.1. The number of rotatable bonds is 6. The molecule has 0 saturated carbocycles. The van der Waals surface area contributed by atoms with Gasteiger partial charge < -0.3 is 10.4 Å². The number of para-hydroxylation sites is 1. The number of hydrogen-bond donors (Lipinski definition) is 2. The molecule has 1 atom stereocenters. The van der Waals surface area contributed by atoms with Crippen molar-refractivity contribution in [3.63, 3.8) is 0 Å². The van der Waals surface area contributed by atoms with Crippen LogP contribution in [0, 0.1) is 26.6 Å². The minimum absolute atomic E-state index is 0.136. The summed E-state index contributed by atoms with van der Waals surface area (Å²) in [5, 5.41) is 13.3. The number of nitrogens with one attached hydrogen (secondary N) is 1. The summed E-state index contributed by atoms with van der Waals surface area (Å²) >= 11 is 0. The second kappa shape index (κ2) is 8.23. The maximum absolute atomic E-state index is 13.2. The number of carbonyl (C=O) groups excluding carboxylic acids is 1. The van der Waals surface area contributed by atoms with Gasteiger partial charge in [-0.2, -0.15) is 0 Å². The molecule has 2 rings (SSSR count). The van der Waals surface area contributed by atoms with E-state index in [2.05, 4.69) is 5.32 Å². The third-order valence-electron chi connectivity index (χ3n) is 4.23. The van der Waals surface area contributed by atoms with Gasteiger partial charge in [-0.15, -0.1) is 0 Å². The number of hydrogen-bond acceptors (Lipinski definition) is 3. The molecule has 0 saturated heterocycles. The highest BCUT2D eigenvalue weighted by Gasteiger charge is 2.16. The van der Waals surface area contributed by atoms with E-state index in [1.165, 1.54) is 12.1 Å². The van der Waals surface area contributed by atoms with Gasteiger partial charge in [0.25, 0.3) is 0 Å². The van der Waals surface area contributed by atoms with Crippen LogP contribution < -0.4 is 5.32 Å². The number of anilines is 1. The van der Waals surface area contributed by atoms with E-state index >= 15 is 0 Å². The maximum atomic E-state index is 13.2. The fourth-order valence-electron chi connectivity index (χ4n) is 2.91. The Kier molecular flexibility index (Phi) is 6.28. The average Bonchev–Trinajstić information content (AvgIpc) is 2.50. The van der Waals surface area contributed by atoms with E-state index in [9.17, 15) is 14.3 Å². The molecule has 0 fully saturated rings. The van der Waals surface area contributed by atoms with Gasteiger partial charge in [-0.05, 0) is 62.2 Å². The van der Waals surface area contributed by atoms with Crippen LogP contribution in [0.4, 0.5) is 10.1 Å². The summed E-state index contributed by atoms with van der Waals surface area (Å²) in [4.78, 5) is 14.0. The Hall–Kier alpha value is -2.24. The quantitative estimate of drug-likeness (QED) is 0.845. The summed E-state index contributed by atoms with van der Waals surface area (Å²) in [6, 6.07) is 10.2. The number of carbonyl (C=O) groups is 1. The number of amides is 1. The molecule has 1 amide bonds. The highest BCUT2D eigenvalue weighted by Crippen LogP contribution is 2.21. The highest BCUT2D eigenvalue weighted by atomic mass is 19.1. The van der Waals surface area contributed by atoms with Crippen molar-refractivity contribution in [1.82, 2.24) is 4.90 Å². The molecule has 0 radical (unpaired) electrons. The van der Waals surface area contributed by atoms with Gasteiger partial charge in [-0.25, -0.2) is 4.39 Å². The summed E-state index contributed by atoms with van der Waals surface area (Å²) in [7, 11) is 1.77. The minimum Gasteiger partial charge on any atom is -0.387 e. The van der Waals surface area contributed by atoms with Crippen molar-refractivity contribution < 1.29 is 14.3 Å². The van der Waals surface area contributed by atoms with Gasteiger partial charge in [0.1, 0.15) is 5.82 Å². The summed E-state index contributed by atoms with van der Waals surface area (Å²) in [6.45, 7) is 6.10. The Morgan fingerprint density at radius 1 is 1.16 bits per heavy atom. The number of nitrogens with zero attached hydrogens (tertiary/aromatic N) is 1. The number of benzene rings is 2. The molecule has 25 heavy (non-hydrogen) atoms. The first-order valence-electron chi connectivity index (χ1n) is 8.26. The van der Waals surface area contributed by atoms with Crippen molar-refractivity contribution in [2.75, 3.05) is 25.5 Å². The lowest BCUT2D eigenvalue weighted by molar-refractivity contribution is -0.117. The van der Waals surface area contributed by atoms with E-state index in [1.54, 1.807) is 24.9 Å².